The Hall–Kier alpha value is -3.10. The summed E-state index contributed by atoms with van der Waals surface area (Å²) >= 11 is 1.36. The largest absolute Gasteiger partial charge is 0.286 e. The number of pyridine rings is 1. The van der Waals surface area contributed by atoms with Crippen molar-refractivity contribution in [3.63, 3.8) is 0 Å². The van der Waals surface area contributed by atoms with Gasteiger partial charge in [-0.15, -0.1) is 11.3 Å². The third-order valence-electron chi connectivity index (χ3n) is 3.12. The molecule has 0 spiro atoms. The van der Waals surface area contributed by atoms with E-state index in [1.165, 1.54) is 11.3 Å². The van der Waals surface area contributed by atoms with Crippen LogP contribution in [0.3, 0.4) is 0 Å². The molecule has 4 nitrogen and oxygen atoms in total. The van der Waals surface area contributed by atoms with Crippen molar-refractivity contribution in [1.82, 2.24) is 9.97 Å². The lowest BCUT2D eigenvalue weighted by Crippen LogP contribution is -2.02. The van der Waals surface area contributed by atoms with Gasteiger partial charge >= 0.3 is 0 Å². The van der Waals surface area contributed by atoms with Gasteiger partial charge < -0.3 is 0 Å². The fourth-order valence-corrected chi connectivity index (χ4v) is 2.79. The average molecular weight is 317 g/mol. The number of carbonyl (C=O) groups is 1. The number of thiazole rings is 1. The molecule has 1 aromatic carbocycles. The zero-order chi connectivity index (χ0) is 16.1. The third kappa shape index (κ3) is 3.39. The maximum atomic E-state index is 12.5. The van der Waals surface area contributed by atoms with E-state index in [1.807, 2.05) is 48.5 Å². The van der Waals surface area contributed by atoms with Crippen molar-refractivity contribution < 1.29 is 4.79 Å². The number of Topliss-reactive ketones (excluding diaryl/α,β-unsaturated/α-hetero) is 1. The van der Waals surface area contributed by atoms with Gasteiger partial charge in [-0.05, 0) is 23.8 Å². The fourth-order valence-electron chi connectivity index (χ4n) is 2.00. The summed E-state index contributed by atoms with van der Waals surface area (Å²) in [6, 6.07) is 14.9. The van der Waals surface area contributed by atoms with Crippen LogP contribution < -0.4 is 0 Å². The first-order valence-electron chi connectivity index (χ1n) is 6.85. The smallest absolute Gasteiger partial charge is 0.222 e. The van der Waals surface area contributed by atoms with Crippen molar-refractivity contribution in [2.24, 2.45) is 0 Å². The van der Waals surface area contributed by atoms with Crippen LogP contribution >= 0.6 is 11.3 Å². The molecule has 0 aliphatic heterocycles. The van der Waals surface area contributed by atoms with Gasteiger partial charge in [0.15, 0.2) is 0 Å². The van der Waals surface area contributed by atoms with Crippen molar-refractivity contribution in [1.29, 1.82) is 5.26 Å². The van der Waals surface area contributed by atoms with Gasteiger partial charge in [-0.25, -0.2) is 4.98 Å². The highest BCUT2D eigenvalue weighted by atomic mass is 32.1. The first-order valence-corrected chi connectivity index (χ1v) is 7.73. The number of allylic oxidation sites excluding steroid dienone is 1. The van der Waals surface area contributed by atoms with E-state index in [1.54, 1.807) is 23.8 Å². The predicted molar refractivity (Wildman–Crippen MR) is 89.7 cm³/mol. The lowest BCUT2D eigenvalue weighted by Gasteiger charge is -1.97. The molecule has 2 aromatic heterocycles. The molecule has 5 heteroatoms. The Balaban J connectivity index is 1.90. The molecule has 0 amide bonds. The van der Waals surface area contributed by atoms with Crippen LogP contribution in [0, 0.1) is 11.3 Å². The van der Waals surface area contributed by atoms with Crippen LogP contribution in [0.15, 0.2) is 65.8 Å². The predicted octanol–water partition coefficient (Wildman–Crippen LogP) is 3.99. The molecule has 23 heavy (non-hydrogen) atoms. The van der Waals surface area contributed by atoms with Crippen molar-refractivity contribution >= 4 is 23.2 Å². The van der Waals surface area contributed by atoms with Gasteiger partial charge in [0.2, 0.25) is 5.78 Å². The third-order valence-corrected chi connectivity index (χ3v) is 4.01. The number of nitrogens with zero attached hydrogens (tertiary/aromatic N) is 3. The minimum atomic E-state index is -0.372. The molecular formula is C18H11N3OS. The Morgan fingerprint density at radius 1 is 1.17 bits per heavy atom. The quantitative estimate of drug-likeness (QED) is 0.414. The SMILES string of the molecule is N#CC(=Cc1ccccc1)C(=O)c1csc(-c2cccnc2)n1. The number of hydrogen-bond donors (Lipinski definition) is 0. The van der Waals surface area contributed by atoms with Gasteiger partial charge in [-0.3, -0.25) is 9.78 Å². The minimum absolute atomic E-state index is 0.0687. The first-order chi connectivity index (χ1) is 11.3. The Morgan fingerprint density at radius 2 is 2.00 bits per heavy atom. The molecule has 0 unspecified atom stereocenters. The van der Waals surface area contributed by atoms with E-state index in [2.05, 4.69) is 9.97 Å². The molecule has 0 N–H and O–H groups in total. The number of ketones is 1. The maximum absolute atomic E-state index is 12.5. The number of nitriles is 1. The van der Waals surface area contributed by atoms with Crippen molar-refractivity contribution in [2.75, 3.05) is 0 Å². The van der Waals surface area contributed by atoms with Gasteiger partial charge in [0.25, 0.3) is 0 Å². The normalized spacial score (nSPS) is 11.0. The van der Waals surface area contributed by atoms with E-state index in [0.717, 1.165) is 11.1 Å². The lowest BCUT2D eigenvalue weighted by molar-refractivity contribution is 0.103. The summed E-state index contributed by atoms with van der Waals surface area (Å²) in [6.07, 6.45) is 4.95. The van der Waals surface area contributed by atoms with Crippen LogP contribution in [0.25, 0.3) is 16.6 Å². The van der Waals surface area contributed by atoms with Crippen molar-refractivity contribution in [3.05, 3.63) is 77.1 Å². The summed E-state index contributed by atoms with van der Waals surface area (Å²) in [4.78, 5) is 20.8. The number of hydrogen-bond acceptors (Lipinski definition) is 5. The molecule has 110 valence electrons. The van der Waals surface area contributed by atoms with Crippen molar-refractivity contribution in [2.45, 2.75) is 0 Å². The average Bonchev–Trinajstić information content (AvgIpc) is 3.11. The summed E-state index contributed by atoms with van der Waals surface area (Å²) in [5.74, 6) is -0.372. The Labute approximate surface area is 137 Å². The van der Waals surface area contributed by atoms with E-state index in [0.29, 0.717) is 5.01 Å². The van der Waals surface area contributed by atoms with Gasteiger partial charge in [0.05, 0.1) is 0 Å². The zero-order valence-corrected chi connectivity index (χ0v) is 12.8. The van der Waals surface area contributed by atoms with Gasteiger partial charge in [0, 0.05) is 23.3 Å². The van der Waals surface area contributed by atoms with Crippen LogP contribution in [0.1, 0.15) is 16.1 Å². The van der Waals surface area contributed by atoms with Crippen molar-refractivity contribution in [3.8, 4) is 16.6 Å². The Kier molecular flexibility index (Phi) is 4.37. The molecule has 3 rings (SSSR count). The number of carbonyl (C=O) groups excluding carboxylic acids is 1. The molecule has 0 bridgehead atoms. The topological polar surface area (TPSA) is 66.6 Å². The molecule has 0 fully saturated rings. The van der Waals surface area contributed by atoms with E-state index < -0.39 is 0 Å². The van der Waals surface area contributed by atoms with Crippen LogP contribution in [-0.4, -0.2) is 15.8 Å². The van der Waals surface area contributed by atoms with Crippen LogP contribution in [0.4, 0.5) is 0 Å². The molecule has 0 aliphatic rings. The fraction of sp³-hybridized carbons (Fsp3) is 0. The molecule has 0 aliphatic carbocycles. The van der Waals surface area contributed by atoms with E-state index in [9.17, 15) is 10.1 Å². The Bertz CT molecular complexity index is 893. The molecule has 3 aromatic rings. The molecule has 0 radical (unpaired) electrons. The standard InChI is InChI=1S/C18H11N3OS/c19-10-15(9-13-5-2-1-3-6-13)17(22)16-12-23-18(21-16)14-7-4-8-20-11-14/h1-9,11-12H. The first kappa shape index (κ1) is 14.8. The summed E-state index contributed by atoms with van der Waals surface area (Å²) < 4.78 is 0. The minimum Gasteiger partial charge on any atom is -0.286 e. The number of aromatic nitrogens is 2. The van der Waals surface area contributed by atoms with Gasteiger partial charge in [0.1, 0.15) is 22.3 Å². The summed E-state index contributed by atoms with van der Waals surface area (Å²) in [6.45, 7) is 0. The monoisotopic (exact) mass is 317 g/mol. The molecule has 0 atom stereocenters. The summed E-state index contributed by atoms with van der Waals surface area (Å²) in [5.41, 5.74) is 2.00. The molecule has 0 saturated carbocycles. The highest BCUT2D eigenvalue weighted by Gasteiger charge is 2.16. The maximum Gasteiger partial charge on any atom is 0.222 e. The summed E-state index contributed by atoms with van der Waals surface area (Å²) in [7, 11) is 0. The molecule has 2 heterocycles. The second kappa shape index (κ2) is 6.77. The second-order valence-electron chi connectivity index (χ2n) is 4.69. The van der Waals surface area contributed by atoms with Crippen LogP contribution in [0.2, 0.25) is 0 Å². The highest BCUT2D eigenvalue weighted by molar-refractivity contribution is 7.13. The van der Waals surface area contributed by atoms with E-state index in [4.69, 9.17) is 0 Å². The van der Waals surface area contributed by atoms with Crippen LogP contribution in [0.5, 0.6) is 0 Å². The van der Waals surface area contributed by atoms with E-state index in [-0.39, 0.29) is 17.1 Å². The van der Waals surface area contributed by atoms with E-state index >= 15 is 0 Å². The summed E-state index contributed by atoms with van der Waals surface area (Å²) in [5, 5.41) is 11.6. The molecular weight excluding hydrogens is 306 g/mol. The second-order valence-corrected chi connectivity index (χ2v) is 5.55. The number of benzene rings is 1. The number of rotatable bonds is 4. The zero-order valence-electron chi connectivity index (χ0n) is 12.0. The van der Waals surface area contributed by atoms with Crippen LogP contribution in [-0.2, 0) is 0 Å². The Morgan fingerprint density at radius 3 is 2.70 bits per heavy atom. The lowest BCUT2D eigenvalue weighted by atomic mass is 10.1. The highest BCUT2D eigenvalue weighted by Crippen LogP contribution is 2.24. The van der Waals surface area contributed by atoms with Gasteiger partial charge in [-0.2, -0.15) is 5.26 Å². The molecule has 0 saturated heterocycles. The van der Waals surface area contributed by atoms with Gasteiger partial charge in [-0.1, -0.05) is 30.3 Å².